The maximum atomic E-state index is 15.5. The van der Waals surface area contributed by atoms with Crippen LogP contribution in [0, 0.1) is 23.0 Å². The molecule has 4 aromatic carbocycles. The van der Waals surface area contributed by atoms with Gasteiger partial charge in [0.15, 0.2) is 10.9 Å². The molecule has 0 spiro atoms. The maximum absolute atomic E-state index is 15.5. The quantitative estimate of drug-likeness (QED) is 0.0624. The Bertz CT molecular complexity index is 2690. The molecule has 1 N–H and O–H groups in total. The van der Waals surface area contributed by atoms with Crippen molar-refractivity contribution in [3.8, 4) is 6.07 Å². The molecule has 2 aliphatic heterocycles. The summed E-state index contributed by atoms with van der Waals surface area (Å²) >= 11 is 5.54. The highest BCUT2D eigenvalue weighted by Gasteiger charge is 2.51. The van der Waals surface area contributed by atoms with Crippen LogP contribution in [0.4, 0.5) is 33.3 Å². The van der Waals surface area contributed by atoms with E-state index in [2.05, 4.69) is 15.1 Å². The monoisotopic (exact) mass is 855 g/mol. The number of piperazine rings is 1. The summed E-state index contributed by atoms with van der Waals surface area (Å²) in [6.07, 6.45) is -3.47. The molecule has 61 heavy (non-hydrogen) atoms. The number of aromatic nitrogens is 2. The number of H-pyrrole nitrogens is 1. The summed E-state index contributed by atoms with van der Waals surface area (Å²) in [5.74, 6) is -3.03. The molecule has 2 saturated heterocycles. The molecule has 3 heterocycles. The fourth-order valence-corrected chi connectivity index (χ4v) is 8.30. The number of thiocarbonyl (C=S) groups is 1. The zero-order valence-corrected chi connectivity index (χ0v) is 33.8. The van der Waals surface area contributed by atoms with Crippen LogP contribution in [0.1, 0.15) is 76.2 Å². The van der Waals surface area contributed by atoms with E-state index in [1.165, 1.54) is 55.1 Å². The highest BCUT2D eigenvalue weighted by atomic mass is 32.1. The Morgan fingerprint density at radius 1 is 0.869 bits per heavy atom. The number of anilines is 2. The predicted molar refractivity (Wildman–Crippen MR) is 221 cm³/mol. The third kappa shape index (κ3) is 8.50. The maximum Gasteiger partial charge on any atom is 0.417 e. The number of nitrogens with one attached hydrogen (secondary N) is 1. The summed E-state index contributed by atoms with van der Waals surface area (Å²) in [6, 6.07) is 19.5. The van der Waals surface area contributed by atoms with Crippen LogP contribution in [-0.2, 0) is 17.4 Å². The summed E-state index contributed by atoms with van der Waals surface area (Å²) in [5, 5.41) is 16.8. The van der Waals surface area contributed by atoms with Crippen molar-refractivity contribution in [2.45, 2.75) is 51.2 Å². The van der Waals surface area contributed by atoms with Crippen molar-refractivity contribution < 1.29 is 36.3 Å². The molecule has 0 saturated carbocycles. The second kappa shape index (κ2) is 16.9. The van der Waals surface area contributed by atoms with E-state index >= 15 is 4.39 Å². The summed E-state index contributed by atoms with van der Waals surface area (Å²) in [6.45, 7) is 5.41. The number of nitriles is 1. The van der Waals surface area contributed by atoms with E-state index in [0.29, 0.717) is 73.7 Å². The summed E-state index contributed by atoms with van der Waals surface area (Å²) in [5.41, 5.74) is -2.64. The standard InChI is InChI=1S/C44H38F5N7O4S/c1-43(2)41(60)55(28-12-11-27(25-50)34(23-28)44(47,48)49)42(61)56(43)29-13-14-32(36(46)24-29)38(57)9-5-6-16-53-17-19-54(20-18-53)40(59)33-21-26(10-15-35(33)45)22-37-30-7-3-4-8-31(30)39(58)52-51-37/h3-4,7-8,10-15,21,23-24H,5-6,9,16-20,22H2,1-2H3,(H,52,58). The van der Waals surface area contributed by atoms with Crippen LogP contribution in [0.15, 0.2) is 83.7 Å². The average molecular weight is 856 g/mol. The number of unbranched alkanes of at least 4 members (excludes halogenated alkanes) is 1. The number of halogens is 5. The summed E-state index contributed by atoms with van der Waals surface area (Å²) < 4.78 is 71.6. The van der Waals surface area contributed by atoms with Gasteiger partial charge in [-0.05, 0) is 106 Å². The van der Waals surface area contributed by atoms with E-state index in [0.717, 1.165) is 17.0 Å². The van der Waals surface area contributed by atoms with Gasteiger partial charge in [-0.15, -0.1) is 0 Å². The molecule has 5 aromatic rings. The van der Waals surface area contributed by atoms with Gasteiger partial charge in [0.05, 0.1) is 45.1 Å². The molecule has 314 valence electrons. The lowest BCUT2D eigenvalue weighted by Gasteiger charge is -2.34. The normalized spacial score (nSPS) is 15.7. The topological polar surface area (TPSA) is 134 Å². The van der Waals surface area contributed by atoms with Crippen molar-refractivity contribution in [3.63, 3.8) is 0 Å². The number of alkyl halides is 3. The molecule has 0 aliphatic carbocycles. The number of amides is 2. The number of rotatable bonds is 11. The van der Waals surface area contributed by atoms with Crippen LogP contribution < -0.4 is 15.4 Å². The molecule has 2 fully saturated rings. The molecule has 2 amide bonds. The number of Topliss-reactive ketones (excluding diaryl/α,β-unsaturated/α-hetero) is 1. The Morgan fingerprint density at radius 3 is 2.26 bits per heavy atom. The van der Waals surface area contributed by atoms with E-state index in [4.69, 9.17) is 12.2 Å². The average Bonchev–Trinajstić information content (AvgIpc) is 3.42. The summed E-state index contributed by atoms with van der Waals surface area (Å²) in [4.78, 5) is 58.2. The van der Waals surface area contributed by atoms with E-state index < -0.39 is 52.1 Å². The van der Waals surface area contributed by atoms with Crippen molar-refractivity contribution in [1.29, 1.82) is 5.26 Å². The predicted octanol–water partition coefficient (Wildman–Crippen LogP) is 7.41. The third-order valence-electron chi connectivity index (χ3n) is 11.1. The van der Waals surface area contributed by atoms with Crippen LogP contribution in [0.3, 0.4) is 0 Å². The van der Waals surface area contributed by atoms with Gasteiger partial charge >= 0.3 is 6.18 Å². The molecule has 0 radical (unpaired) electrons. The highest BCUT2D eigenvalue weighted by molar-refractivity contribution is 7.81. The number of fused-ring (bicyclic) bond motifs is 1. The Morgan fingerprint density at radius 2 is 1.57 bits per heavy atom. The number of ketones is 1. The Hall–Kier alpha value is -6.38. The first-order valence-electron chi connectivity index (χ1n) is 19.4. The Labute approximate surface area is 352 Å². The largest absolute Gasteiger partial charge is 0.417 e. The lowest BCUT2D eigenvalue weighted by molar-refractivity contribution is -0.137. The van der Waals surface area contributed by atoms with Gasteiger partial charge in [0, 0.05) is 50.1 Å². The lowest BCUT2D eigenvalue weighted by Crippen LogP contribution is -2.49. The number of hydrogen-bond donors (Lipinski definition) is 1. The van der Waals surface area contributed by atoms with Crippen LogP contribution >= 0.6 is 12.2 Å². The molecular weight excluding hydrogens is 818 g/mol. The number of benzene rings is 4. The van der Waals surface area contributed by atoms with Crippen molar-refractivity contribution >= 4 is 57.1 Å². The van der Waals surface area contributed by atoms with Crippen LogP contribution in [0.25, 0.3) is 10.8 Å². The van der Waals surface area contributed by atoms with Gasteiger partial charge in [-0.25, -0.2) is 13.9 Å². The zero-order valence-electron chi connectivity index (χ0n) is 33.0. The smallest absolute Gasteiger partial charge is 0.336 e. The minimum absolute atomic E-state index is 0.0492. The molecule has 0 bridgehead atoms. The molecule has 1 aromatic heterocycles. The van der Waals surface area contributed by atoms with Gasteiger partial charge in [-0.3, -0.25) is 29.0 Å². The van der Waals surface area contributed by atoms with Gasteiger partial charge in [0.2, 0.25) is 0 Å². The molecule has 11 nitrogen and oxygen atoms in total. The SMILES string of the molecule is CC1(C)C(=O)N(c2ccc(C#N)c(C(F)(F)F)c2)C(=S)N1c1ccc(C(=O)CCCCN2CCN(C(=O)c3cc(Cc4n[nH]c(=O)c5ccccc45)ccc3F)CC2)c(F)c1. The lowest BCUT2D eigenvalue weighted by atomic mass is 10.0. The first kappa shape index (κ1) is 42.7. The fraction of sp³-hybridized carbons (Fsp3) is 0.295. The van der Waals surface area contributed by atoms with Crippen LogP contribution in [-0.4, -0.2) is 81.0 Å². The zero-order chi connectivity index (χ0) is 43.8. The minimum atomic E-state index is -4.87. The molecule has 2 aliphatic rings. The van der Waals surface area contributed by atoms with Crippen molar-refractivity contribution in [2.75, 3.05) is 42.5 Å². The third-order valence-corrected chi connectivity index (χ3v) is 11.4. The van der Waals surface area contributed by atoms with Crippen LogP contribution in [0.2, 0.25) is 0 Å². The Balaban J connectivity index is 0.913. The van der Waals surface area contributed by atoms with Crippen LogP contribution in [0.5, 0.6) is 0 Å². The van der Waals surface area contributed by atoms with Gasteiger partial charge in [-0.2, -0.15) is 23.5 Å². The number of nitrogens with zero attached hydrogens (tertiary/aromatic N) is 6. The van der Waals surface area contributed by atoms with Gasteiger partial charge in [0.1, 0.15) is 17.2 Å². The van der Waals surface area contributed by atoms with E-state index in [1.54, 1.807) is 35.2 Å². The molecule has 7 rings (SSSR count). The van der Waals surface area contributed by atoms with E-state index in [-0.39, 0.29) is 46.0 Å². The molecule has 0 atom stereocenters. The number of aromatic amines is 1. The first-order chi connectivity index (χ1) is 29.0. The van der Waals surface area contributed by atoms with Crippen molar-refractivity contribution in [3.05, 3.63) is 134 Å². The highest BCUT2D eigenvalue weighted by Crippen LogP contribution is 2.40. The van der Waals surface area contributed by atoms with Gasteiger partial charge in [-0.1, -0.05) is 24.3 Å². The van der Waals surface area contributed by atoms with Gasteiger partial charge < -0.3 is 9.80 Å². The Kier molecular flexibility index (Phi) is 11.9. The second-order valence-electron chi connectivity index (χ2n) is 15.4. The van der Waals surface area contributed by atoms with E-state index in [9.17, 15) is 42.0 Å². The first-order valence-corrected chi connectivity index (χ1v) is 19.8. The number of carbonyl (C=O) groups is 3. The van der Waals surface area contributed by atoms with E-state index in [1.807, 2.05) is 0 Å². The molecular formula is C44H38F5N7O4S. The number of carbonyl (C=O) groups excluding carboxylic acids is 3. The summed E-state index contributed by atoms with van der Waals surface area (Å²) in [7, 11) is 0. The molecule has 0 unspecified atom stereocenters. The minimum Gasteiger partial charge on any atom is -0.336 e. The number of hydrogen-bond acceptors (Lipinski definition) is 8. The van der Waals surface area contributed by atoms with Gasteiger partial charge in [0.25, 0.3) is 17.4 Å². The molecule has 17 heteroatoms. The van der Waals surface area contributed by atoms with Crippen molar-refractivity contribution in [2.24, 2.45) is 0 Å². The van der Waals surface area contributed by atoms with Crippen molar-refractivity contribution in [1.82, 2.24) is 20.0 Å². The fourth-order valence-electron chi connectivity index (χ4n) is 7.78. The second-order valence-corrected chi connectivity index (χ2v) is 15.7.